The van der Waals surface area contributed by atoms with Gasteiger partial charge >= 0.3 is 0 Å². The molecule has 2 aliphatic rings. The van der Waals surface area contributed by atoms with E-state index >= 15 is 0 Å². The van der Waals surface area contributed by atoms with E-state index in [4.69, 9.17) is 9.73 Å². The Morgan fingerprint density at radius 1 is 1.21 bits per heavy atom. The molecule has 1 aliphatic heterocycles. The molecule has 6 nitrogen and oxygen atoms in total. The summed E-state index contributed by atoms with van der Waals surface area (Å²) < 4.78 is 5.54. The third kappa shape index (κ3) is 6.42. The fraction of sp³-hybridized carbons (Fsp3) is 0.810. The molecule has 2 N–H and O–H groups in total. The molecule has 0 amide bonds. The monoisotopic (exact) mass is 407 g/mol. The van der Waals surface area contributed by atoms with Gasteiger partial charge in [-0.05, 0) is 26.2 Å². The molecule has 28 heavy (non-hydrogen) atoms. The van der Waals surface area contributed by atoms with Gasteiger partial charge in [0.2, 0.25) is 0 Å². The van der Waals surface area contributed by atoms with Crippen LogP contribution < -0.4 is 10.6 Å². The van der Waals surface area contributed by atoms with Crippen molar-refractivity contribution < 1.29 is 4.74 Å². The Morgan fingerprint density at radius 2 is 2.00 bits per heavy atom. The fourth-order valence-corrected chi connectivity index (χ4v) is 5.06. The molecule has 1 aromatic heterocycles. The van der Waals surface area contributed by atoms with Gasteiger partial charge in [-0.3, -0.25) is 4.90 Å². The zero-order valence-electron chi connectivity index (χ0n) is 17.6. The number of aryl methyl sites for hydroxylation is 1. The van der Waals surface area contributed by atoms with Crippen molar-refractivity contribution in [1.82, 2.24) is 20.5 Å². The third-order valence-corrected chi connectivity index (χ3v) is 7.00. The maximum absolute atomic E-state index is 5.54. The summed E-state index contributed by atoms with van der Waals surface area (Å²) in [6, 6.07) is 0. The van der Waals surface area contributed by atoms with E-state index in [1.165, 1.54) is 43.5 Å². The van der Waals surface area contributed by atoms with E-state index in [2.05, 4.69) is 34.4 Å². The van der Waals surface area contributed by atoms with Gasteiger partial charge in [-0.2, -0.15) is 0 Å². The Bertz CT molecular complexity index is 606. The zero-order chi connectivity index (χ0) is 19.7. The summed E-state index contributed by atoms with van der Waals surface area (Å²) in [6.45, 7) is 11.9. The summed E-state index contributed by atoms with van der Waals surface area (Å²) in [5.74, 6) is 0.919. The first kappa shape index (κ1) is 21.5. The van der Waals surface area contributed by atoms with Gasteiger partial charge in [0.05, 0.1) is 19.8 Å². The molecule has 0 aromatic carbocycles. The van der Waals surface area contributed by atoms with E-state index in [9.17, 15) is 0 Å². The quantitative estimate of drug-likeness (QED) is 0.512. The van der Waals surface area contributed by atoms with E-state index in [1.807, 2.05) is 6.20 Å². The van der Waals surface area contributed by atoms with Crippen molar-refractivity contribution in [3.8, 4) is 0 Å². The molecule has 0 unspecified atom stereocenters. The number of thiazole rings is 1. The van der Waals surface area contributed by atoms with Crippen molar-refractivity contribution in [3.63, 3.8) is 0 Å². The fourth-order valence-electron chi connectivity index (χ4n) is 4.27. The molecule has 2 fully saturated rings. The lowest BCUT2D eigenvalue weighted by atomic mass is 9.73. The molecule has 0 atom stereocenters. The Kier molecular flexibility index (Phi) is 8.55. The smallest absolute Gasteiger partial charge is 0.191 e. The van der Waals surface area contributed by atoms with E-state index in [1.54, 1.807) is 11.3 Å². The van der Waals surface area contributed by atoms with Crippen LogP contribution in [0.15, 0.2) is 11.2 Å². The predicted molar refractivity (Wildman–Crippen MR) is 117 cm³/mol. The lowest BCUT2D eigenvalue weighted by Crippen LogP contribution is -2.51. The first-order chi connectivity index (χ1) is 13.7. The van der Waals surface area contributed by atoms with Gasteiger partial charge in [0, 0.05) is 49.2 Å². The van der Waals surface area contributed by atoms with Crippen LogP contribution in [0.5, 0.6) is 0 Å². The summed E-state index contributed by atoms with van der Waals surface area (Å²) in [7, 11) is 0. The van der Waals surface area contributed by atoms with Crippen molar-refractivity contribution >= 4 is 17.3 Å². The van der Waals surface area contributed by atoms with Gasteiger partial charge in [-0.15, -0.1) is 11.3 Å². The number of hydrogen-bond acceptors (Lipinski definition) is 5. The molecular formula is C21H37N5OS. The second kappa shape index (κ2) is 11.1. The minimum absolute atomic E-state index is 0.350. The second-order valence-electron chi connectivity index (χ2n) is 8.07. The lowest BCUT2D eigenvalue weighted by Gasteiger charge is -2.42. The van der Waals surface area contributed by atoms with Crippen LogP contribution in [0.1, 0.15) is 55.8 Å². The summed E-state index contributed by atoms with van der Waals surface area (Å²) >= 11 is 1.77. The average Bonchev–Trinajstić information content (AvgIpc) is 3.20. The summed E-state index contributed by atoms with van der Waals surface area (Å²) in [5.41, 5.74) is 0.350. The highest BCUT2D eigenvalue weighted by atomic mass is 32.1. The maximum atomic E-state index is 5.54. The number of nitrogens with zero attached hydrogens (tertiary/aromatic N) is 3. The Hall–Kier alpha value is -1.18. The molecule has 0 spiro atoms. The van der Waals surface area contributed by atoms with Gasteiger partial charge in [0.25, 0.3) is 0 Å². The van der Waals surface area contributed by atoms with Crippen molar-refractivity contribution in [1.29, 1.82) is 0 Å². The van der Waals surface area contributed by atoms with Gasteiger partial charge in [0.15, 0.2) is 5.96 Å². The third-order valence-electron chi connectivity index (χ3n) is 5.87. The molecule has 1 saturated heterocycles. The molecule has 3 rings (SSSR count). The van der Waals surface area contributed by atoms with E-state index < -0.39 is 0 Å². The molecular weight excluding hydrogens is 370 g/mol. The molecule has 7 heteroatoms. The minimum atomic E-state index is 0.350. The Labute approximate surface area is 174 Å². The average molecular weight is 408 g/mol. The van der Waals surface area contributed by atoms with Gasteiger partial charge in [-0.1, -0.05) is 26.2 Å². The number of morpholine rings is 1. The number of hydrogen-bond donors (Lipinski definition) is 2. The SMILES string of the molecule is CCNC(=NCc1ncc(CC)s1)NCC1(CN2CCOCC2)CCCCC1. The Balaban J connectivity index is 1.60. The zero-order valence-corrected chi connectivity index (χ0v) is 18.5. The molecule has 158 valence electrons. The number of nitrogens with one attached hydrogen (secondary N) is 2. The second-order valence-corrected chi connectivity index (χ2v) is 9.27. The van der Waals surface area contributed by atoms with Crippen molar-refractivity contribution in [2.24, 2.45) is 10.4 Å². The van der Waals surface area contributed by atoms with E-state index in [0.29, 0.717) is 12.0 Å². The number of rotatable bonds is 8. The van der Waals surface area contributed by atoms with Crippen LogP contribution >= 0.6 is 11.3 Å². The number of ether oxygens (including phenoxy) is 1. The highest BCUT2D eigenvalue weighted by Gasteiger charge is 2.34. The van der Waals surface area contributed by atoms with Crippen LogP contribution in [0, 0.1) is 5.41 Å². The minimum Gasteiger partial charge on any atom is -0.379 e. The number of guanidine groups is 1. The highest BCUT2D eigenvalue weighted by molar-refractivity contribution is 7.11. The van der Waals surface area contributed by atoms with Gasteiger partial charge < -0.3 is 15.4 Å². The summed E-state index contributed by atoms with van der Waals surface area (Å²) in [6.07, 6.45) is 9.71. The van der Waals surface area contributed by atoms with Crippen LogP contribution in [0.2, 0.25) is 0 Å². The van der Waals surface area contributed by atoms with E-state index in [-0.39, 0.29) is 0 Å². The first-order valence-electron chi connectivity index (χ1n) is 11.0. The lowest BCUT2D eigenvalue weighted by molar-refractivity contribution is 0.00820. The molecule has 1 saturated carbocycles. The molecule has 0 bridgehead atoms. The predicted octanol–water partition coefficient (Wildman–Crippen LogP) is 3.04. The topological polar surface area (TPSA) is 61.8 Å². The standard InChI is InChI=1S/C21H37N5OS/c1-3-18-14-23-19(28-18)15-24-20(22-4-2)25-16-21(8-6-5-7-9-21)17-26-10-12-27-13-11-26/h14H,3-13,15-17H2,1-2H3,(H2,22,24,25). The maximum Gasteiger partial charge on any atom is 0.191 e. The van der Waals surface area contributed by atoms with Crippen LogP contribution in [-0.2, 0) is 17.7 Å². The summed E-state index contributed by atoms with van der Waals surface area (Å²) in [5, 5.41) is 8.18. The molecule has 1 aliphatic carbocycles. The van der Waals surface area contributed by atoms with Crippen LogP contribution in [0.4, 0.5) is 0 Å². The van der Waals surface area contributed by atoms with E-state index in [0.717, 1.165) is 56.8 Å². The Morgan fingerprint density at radius 3 is 2.68 bits per heavy atom. The van der Waals surface area contributed by atoms with Crippen molar-refractivity contribution in [2.75, 3.05) is 45.9 Å². The summed E-state index contributed by atoms with van der Waals surface area (Å²) in [4.78, 5) is 13.2. The van der Waals surface area contributed by atoms with Gasteiger partial charge in [0.1, 0.15) is 5.01 Å². The molecule has 0 radical (unpaired) electrons. The molecule has 1 aromatic rings. The van der Waals surface area contributed by atoms with Crippen LogP contribution in [0.3, 0.4) is 0 Å². The number of aliphatic imine (C=N–C) groups is 1. The van der Waals surface area contributed by atoms with Crippen molar-refractivity contribution in [2.45, 2.75) is 58.9 Å². The largest absolute Gasteiger partial charge is 0.379 e. The number of aromatic nitrogens is 1. The van der Waals surface area contributed by atoms with Crippen LogP contribution in [0.25, 0.3) is 0 Å². The first-order valence-corrected chi connectivity index (χ1v) is 11.8. The molecule has 2 heterocycles. The van der Waals surface area contributed by atoms with Gasteiger partial charge in [-0.25, -0.2) is 9.98 Å². The highest BCUT2D eigenvalue weighted by Crippen LogP contribution is 2.36. The normalized spacial score (nSPS) is 20.9. The van der Waals surface area contributed by atoms with Crippen molar-refractivity contribution in [3.05, 3.63) is 16.1 Å². The van der Waals surface area contributed by atoms with Crippen LogP contribution in [-0.4, -0.2) is 61.8 Å².